The smallest absolute Gasteiger partial charge is 0.251 e. The molecule has 0 fully saturated rings. The Morgan fingerprint density at radius 2 is 1.66 bits per heavy atom. The highest BCUT2D eigenvalue weighted by Crippen LogP contribution is 2.29. The molecule has 0 bridgehead atoms. The van der Waals surface area contributed by atoms with Gasteiger partial charge in [0.15, 0.2) is 17.5 Å². The summed E-state index contributed by atoms with van der Waals surface area (Å²) in [5.41, 5.74) is 1.35. The summed E-state index contributed by atoms with van der Waals surface area (Å²) in [7, 11) is 6.41. The first kappa shape index (κ1) is 24.3. The molecule has 0 saturated carbocycles. The molecule has 2 aromatic rings. The topological polar surface area (TPSA) is 93.2 Å². The summed E-state index contributed by atoms with van der Waals surface area (Å²) in [5, 5.41) is 9.16. The van der Waals surface area contributed by atoms with Crippen LogP contribution in [0.1, 0.15) is 10.4 Å². The van der Waals surface area contributed by atoms with E-state index >= 15 is 0 Å². The van der Waals surface area contributed by atoms with Crippen LogP contribution in [-0.4, -0.2) is 53.3 Å². The summed E-state index contributed by atoms with van der Waals surface area (Å²) in [5.74, 6) is 2.32. The van der Waals surface area contributed by atoms with E-state index in [2.05, 4.69) is 20.9 Å². The monoisotopic (exact) mass is 514 g/mol. The van der Waals surface area contributed by atoms with Gasteiger partial charge in [-0.1, -0.05) is 6.07 Å². The lowest BCUT2D eigenvalue weighted by Crippen LogP contribution is -2.37. The second-order valence-electron chi connectivity index (χ2n) is 5.68. The number of methoxy groups -OCH3 is 3. The number of rotatable bonds is 8. The van der Waals surface area contributed by atoms with E-state index in [0.717, 1.165) is 5.69 Å². The third-order valence-corrected chi connectivity index (χ3v) is 3.90. The van der Waals surface area contributed by atoms with Gasteiger partial charge in [0.2, 0.25) is 0 Å². The highest BCUT2D eigenvalue weighted by molar-refractivity contribution is 14.0. The first-order valence-electron chi connectivity index (χ1n) is 8.73. The Balaban J connectivity index is 0.00000420. The molecule has 0 aliphatic carbocycles. The molecule has 1 amide bonds. The van der Waals surface area contributed by atoms with Crippen molar-refractivity contribution >= 4 is 41.5 Å². The summed E-state index contributed by atoms with van der Waals surface area (Å²) in [6.07, 6.45) is 0. The van der Waals surface area contributed by atoms with Gasteiger partial charge in [-0.2, -0.15) is 0 Å². The van der Waals surface area contributed by atoms with E-state index < -0.39 is 0 Å². The van der Waals surface area contributed by atoms with Gasteiger partial charge in [0.1, 0.15) is 5.75 Å². The predicted octanol–water partition coefficient (Wildman–Crippen LogP) is 2.75. The van der Waals surface area contributed by atoms with Crippen LogP contribution in [0, 0.1) is 0 Å². The number of benzene rings is 2. The molecular weight excluding hydrogens is 487 g/mol. The fourth-order valence-corrected chi connectivity index (χ4v) is 2.45. The van der Waals surface area contributed by atoms with Gasteiger partial charge >= 0.3 is 0 Å². The first-order valence-corrected chi connectivity index (χ1v) is 8.73. The predicted molar refractivity (Wildman–Crippen MR) is 125 cm³/mol. The SMILES string of the molecule is CN=C(NCCNC(=O)c1cccc(OC)c1)Nc1ccc(OC)c(OC)c1.I. The van der Waals surface area contributed by atoms with Crippen LogP contribution in [0.4, 0.5) is 5.69 Å². The van der Waals surface area contributed by atoms with Crippen LogP contribution in [-0.2, 0) is 0 Å². The van der Waals surface area contributed by atoms with Gasteiger partial charge in [0, 0.05) is 37.5 Å². The maximum Gasteiger partial charge on any atom is 0.251 e. The van der Waals surface area contributed by atoms with Gasteiger partial charge in [0.25, 0.3) is 5.91 Å². The van der Waals surface area contributed by atoms with Gasteiger partial charge in [-0.3, -0.25) is 9.79 Å². The molecule has 29 heavy (non-hydrogen) atoms. The molecule has 0 unspecified atom stereocenters. The highest BCUT2D eigenvalue weighted by Gasteiger charge is 2.08. The van der Waals surface area contributed by atoms with Crippen LogP contribution < -0.4 is 30.2 Å². The molecule has 0 heterocycles. The molecular formula is C20H27IN4O4. The van der Waals surface area contributed by atoms with Crippen LogP contribution in [0.2, 0.25) is 0 Å². The first-order chi connectivity index (χ1) is 13.6. The third-order valence-electron chi connectivity index (χ3n) is 3.90. The van der Waals surface area contributed by atoms with Gasteiger partial charge in [0.05, 0.1) is 21.3 Å². The maximum atomic E-state index is 12.2. The Morgan fingerprint density at radius 1 is 0.931 bits per heavy atom. The zero-order valence-corrected chi connectivity index (χ0v) is 19.3. The number of guanidine groups is 1. The van der Waals surface area contributed by atoms with Gasteiger partial charge in [-0.25, -0.2) is 0 Å². The second-order valence-corrected chi connectivity index (χ2v) is 5.68. The molecule has 2 aromatic carbocycles. The average molecular weight is 514 g/mol. The summed E-state index contributed by atoms with van der Waals surface area (Å²) in [6.45, 7) is 0.936. The number of amides is 1. The number of anilines is 1. The lowest BCUT2D eigenvalue weighted by atomic mass is 10.2. The van der Waals surface area contributed by atoms with Crippen LogP contribution in [0.25, 0.3) is 0 Å². The zero-order chi connectivity index (χ0) is 20.4. The molecule has 0 atom stereocenters. The normalized spacial score (nSPS) is 10.4. The van der Waals surface area contributed by atoms with Gasteiger partial charge in [-0.15, -0.1) is 24.0 Å². The zero-order valence-electron chi connectivity index (χ0n) is 16.9. The van der Waals surface area contributed by atoms with Crippen molar-refractivity contribution in [3.05, 3.63) is 48.0 Å². The fourth-order valence-electron chi connectivity index (χ4n) is 2.45. The van der Waals surface area contributed by atoms with Crippen molar-refractivity contribution in [2.75, 3.05) is 46.8 Å². The van der Waals surface area contributed by atoms with Crippen LogP contribution >= 0.6 is 24.0 Å². The summed E-state index contributed by atoms with van der Waals surface area (Å²) in [4.78, 5) is 16.4. The second kappa shape index (κ2) is 12.7. The number of nitrogens with zero attached hydrogens (tertiary/aromatic N) is 1. The fraction of sp³-hybridized carbons (Fsp3) is 0.300. The molecule has 0 spiro atoms. The van der Waals surface area contributed by atoms with Gasteiger partial charge in [-0.05, 0) is 30.3 Å². The van der Waals surface area contributed by atoms with E-state index in [1.165, 1.54) is 0 Å². The molecule has 3 N–H and O–H groups in total. The molecule has 8 nitrogen and oxygen atoms in total. The minimum atomic E-state index is -0.163. The number of halogens is 1. The van der Waals surface area contributed by atoms with Crippen LogP contribution in [0.15, 0.2) is 47.5 Å². The van der Waals surface area contributed by atoms with Gasteiger partial charge < -0.3 is 30.2 Å². The van der Waals surface area contributed by atoms with Crippen LogP contribution in [0.5, 0.6) is 17.2 Å². The number of carbonyl (C=O) groups excluding carboxylic acids is 1. The van der Waals surface area contributed by atoms with E-state index in [0.29, 0.717) is 41.9 Å². The number of nitrogens with one attached hydrogen (secondary N) is 3. The lowest BCUT2D eigenvalue weighted by molar-refractivity contribution is 0.0954. The Bertz CT molecular complexity index is 830. The van der Waals surface area contributed by atoms with Crippen molar-refractivity contribution in [1.82, 2.24) is 10.6 Å². The van der Waals surface area contributed by atoms with E-state index in [9.17, 15) is 4.79 Å². The number of hydrogen-bond donors (Lipinski definition) is 3. The molecule has 158 valence electrons. The molecule has 0 aliphatic rings. The minimum Gasteiger partial charge on any atom is -0.497 e. The van der Waals surface area contributed by atoms with E-state index in [-0.39, 0.29) is 29.9 Å². The Hall–Kier alpha value is -2.69. The molecule has 9 heteroatoms. The third kappa shape index (κ3) is 7.33. The molecule has 0 aliphatic heterocycles. The van der Waals surface area contributed by atoms with Crippen molar-refractivity contribution < 1.29 is 19.0 Å². The largest absolute Gasteiger partial charge is 0.497 e. The highest BCUT2D eigenvalue weighted by atomic mass is 127. The Labute approximate surface area is 188 Å². The molecule has 0 radical (unpaired) electrons. The van der Waals surface area contributed by atoms with Crippen molar-refractivity contribution in [3.8, 4) is 17.2 Å². The summed E-state index contributed by atoms with van der Waals surface area (Å²) >= 11 is 0. The molecule has 0 saturated heterocycles. The van der Waals surface area contributed by atoms with Crippen molar-refractivity contribution in [3.63, 3.8) is 0 Å². The van der Waals surface area contributed by atoms with Crippen LogP contribution in [0.3, 0.4) is 0 Å². The van der Waals surface area contributed by atoms with E-state index in [1.54, 1.807) is 52.6 Å². The maximum absolute atomic E-state index is 12.2. The lowest BCUT2D eigenvalue weighted by Gasteiger charge is -2.14. The number of aliphatic imine (C=N–C) groups is 1. The standard InChI is InChI=1S/C20H26N4O4.HI/c1-21-20(24-15-8-9-17(27-3)18(13-15)28-4)23-11-10-22-19(25)14-6-5-7-16(12-14)26-2;/h5-9,12-13H,10-11H2,1-4H3,(H,22,25)(H2,21,23,24);1H. The number of carbonyl (C=O) groups is 1. The Morgan fingerprint density at radius 3 is 2.31 bits per heavy atom. The molecule has 2 rings (SSSR count). The van der Waals surface area contributed by atoms with E-state index in [1.807, 2.05) is 18.2 Å². The minimum absolute atomic E-state index is 0. The molecule has 0 aromatic heterocycles. The van der Waals surface area contributed by atoms with Crippen molar-refractivity contribution in [2.45, 2.75) is 0 Å². The van der Waals surface area contributed by atoms with E-state index in [4.69, 9.17) is 14.2 Å². The Kier molecular flexibility index (Phi) is 10.7. The quantitative estimate of drug-likeness (QED) is 0.217. The summed E-state index contributed by atoms with van der Waals surface area (Å²) in [6, 6.07) is 12.5. The average Bonchev–Trinajstić information content (AvgIpc) is 2.75. The summed E-state index contributed by atoms with van der Waals surface area (Å²) < 4.78 is 15.7. The van der Waals surface area contributed by atoms with Crippen molar-refractivity contribution in [1.29, 1.82) is 0 Å². The van der Waals surface area contributed by atoms with Crippen molar-refractivity contribution in [2.24, 2.45) is 4.99 Å². The number of hydrogen-bond acceptors (Lipinski definition) is 5. The number of ether oxygens (including phenoxy) is 3.